The Morgan fingerprint density at radius 1 is 0.462 bits per heavy atom. The molecular weight excluding hydrogens is 637 g/mol. The van der Waals surface area contributed by atoms with Gasteiger partial charge in [0.2, 0.25) is 0 Å². The van der Waals surface area contributed by atoms with Gasteiger partial charge in [0.15, 0.2) is 11.6 Å². The summed E-state index contributed by atoms with van der Waals surface area (Å²) in [5.41, 5.74) is 11.2. The van der Waals surface area contributed by atoms with Crippen molar-refractivity contribution in [3.8, 4) is 0 Å². The van der Waals surface area contributed by atoms with Crippen LogP contribution < -0.4 is 19.6 Å². The minimum atomic E-state index is -0.258. The van der Waals surface area contributed by atoms with Crippen molar-refractivity contribution in [2.24, 2.45) is 11.3 Å². The SMILES string of the molecule is Cc1ccccc1N1c2ccccc2N(c2ccccc2)C1C1C2(C)c3ccccc3N3c4nc5ccccc5nc4N(c4ccccc4)C3C12C. The first kappa shape index (κ1) is 29.6. The lowest BCUT2D eigenvalue weighted by Gasteiger charge is -2.44. The highest BCUT2D eigenvalue weighted by molar-refractivity contribution is 5.94. The Balaban J connectivity index is 1.20. The van der Waals surface area contributed by atoms with Crippen LogP contribution in [0.4, 0.5) is 45.8 Å². The van der Waals surface area contributed by atoms with E-state index in [-0.39, 0.29) is 29.1 Å². The van der Waals surface area contributed by atoms with Gasteiger partial charge in [0.05, 0.1) is 22.4 Å². The summed E-state index contributed by atoms with van der Waals surface area (Å²) in [6, 6.07) is 57.0. The van der Waals surface area contributed by atoms with Crippen molar-refractivity contribution < 1.29 is 0 Å². The van der Waals surface area contributed by atoms with E-state index >= 15 is 0 Å². The number of fused-ring (bicyclic) bond motifs is 10. The first-order chi connectivity index (χ1) is 25.5. The lowest BCUT2D eigenvalue weighted by molar-refractivity contribution is 0.350. The van der Waals surface area contributed by atoms with Crippen molar-refractivity contribution in [2.45, 2.75) is 38.5 Å². The van der Waals surface area contributed by atoms with Gasteiger partial charge in [0.1, 0.15) is 12.3 Å². The molecule has 252 valence electrons. The fourth-order valence-corrected chi connectivity index (χ4v) is 10.3. The van der Waals surface area contributed by atoms with E-state index in [1.54, 1.807) is 0 Å². The second-order valence-electron chi connectivity index (χ2n) is 15.1. The van der Waals surface area contributed by atoms with Crippen LogP contribution in [-0.4, -0.2) is 22.3 Å². The van der Waals surface area contributed by atoms with Gasteiger partial charge in [0, 0.05) is 39.5 Å². The van der Waals surface area contributed by atoms with Crippen LogP contribution in [0.5, 0.6) is 0 Å². The average molecular weight is 675 g/mol. The molecule has 1 saturated carbocycles. The molecule has 5 atom stereocenters. The quantitative estimate of drug-likeness (QED) is 0.185. The van der Waals surface area contributed by atoms with Crippen molar-refractivity contribution in [1.82, 2.24) is 9.97 Å². The Bertz CT molecular complexity index is 2540. The maximum absolute atomic E-state index is 5.41. The normalized spacial score (nSPS) is 25.0. The molecule has 1 aromatic heterocycles. The number of aromatic nitrogens is 2. The third-order valence-electron chi connectivity index (χ3n) is 12.7. The molecule has 0 radical (unpaired) electrons. The molecule has 6 aromatic carbocycles. The standard InChI is InChI=1S/C46H38N6/c1-30-18-10-14-26-36(30)51-39-29-17-16-28-38(39)49(31-19-6-4-7-20-31)43(51)40-45(2)33-23-11-15-27-37(33)52-42-41(47-34-24-12-13-25-35(34)48-42)50(44(52)46(40,45)3)32-21-8-5-9-22-32/h4-29,40,43-44H,1-3H3. The van der Waals surface area contributed by atoms with E-state index in [1.807, 2.05) is 0 Å². The highest BCUT2D eigenvalue weighted by atomic mass is 15.5. The molecule has 52 heavy (non-hydrogen) atoms. The lowest BCUT2D eigenvalue weighted by atomic mass is 9.81. The van der Waals surface area contributed by atoms with E-state index in [0.29, 0.717) is 0 Å². The van der Waals surface area contributed by atoms with Crippen LogP contribution in [0, 0.1) is 18.3 Å². The third kappa shape index (κ3) is 3.64. The fourth-order valence-electron chi connectivity index (χ4n) is 10.3. The average Bonchev–Trinajstić information content (AvgIpc) is 3.40. The zero-order chi connectivity index (χ0) is 34.8. The van der Waals surface area contributed by atoms with Gasteiger partial charge in [0.25, 0.3) is 0 Å². The zero-order valence-corrected chi connectivity index (χ0v) is 29.4. The molecule has 4 aliphatic rings. The monoisotopic (exact) mass is 674 g/mol. The van der Waals surface area contributed by atoms with E-state index in [2.05, 4.69) is 198 Å². The molecule has 0 saturated heterocycles. The Hall–Kier alpha value is -6.14. The molecule has 5 unspecified atom stereocenters. The van der Waals surface area contributed by atoms with E-state index < -0.39 is 0 Å². The predicted octanol–water partition coefficient (Wildman–Crippen LogP) is 10.8. The smallest absolute Gasteiger partial charge is 0.179 e. The van der Waals surface area contributed by atoms with Crippen molar-refractivity contribution in [3.63, 3.8) is 0 Å². The van der Waals surface area contributed by atoms with Crippen LogP contribution in [0.3, 0.4) is 0 Å². The molecule has 4 heterocycles. The third-order valence-corrected chi connectivity index (χ3v) is 12.7. The van der Waals surface area contributed by atoms with Crippen molar-refractivity contribution in [1.29, 1.82) is 0 Å². The summed E-state index contributed by atoms with van der Waals surface area (Å²) in [5.74, 6) is 2.00. The van der Waals surface area contributed by atoms with Gasteiger partial charge in [-0.15, -0.1) is 0 Å². The molecule has 3 aliphatic heterocycles. The number of aryl methyl sites for hydroxylation is 1. The molecule has 1 fully saturated rings. The summed E-state index contributed by atoms with van der Waals surface area (Å²) in [7, 11) is 0. The number of para-hydroxylation sites is 8. The minimum Gasteiger partial charge on any atom is -0.318 e. The van der Waals surface area contributed by atoms with Crippen LogP contribution in [-0.2, 0) is 5.41 Å². The van der Waals surface area contributed by atoms with Crippen LogP contribution in [0.15, 0.2) is 158 Å². The van der Waals surface area contributed by atoms with Gasteiger partial charge in [-0.05, 0) is 78.7 Å². The Morgan fingerprint density at radius 2 is 0.942 bits per heavy atom. The highest BCUT2D eigenvalue weighted by Crippen LogP contribution is 2.81. The summed E-state index contributed by atoms with van der Waals surface area (Å²) < 4.78 is 0. The van der Waals surface area contributed by atoms with Crippen molar-refractivity contribution in [3.05, 3.63) is 169 Å². The predicted molar refractivity (Wildman–Crippen MR) is 212 cm³/mol. The molecule has 7 aromatic rings. The topological polar surface area (TPSA) is 38.7 Å². The van der Waals surface area contributed by atoms with Gasteiger partial charge in [-0.2, -0.15) is 0 Å². The second-order valence-corrected chi connectivity index (χ2v) is 15.1. The Labute approximate surface area is 304 Å². The number of benzene rings is 6. The van der Waals surface area contributed by atoms with Crippen LogP contribution in [0.2, 0.25) is 0 Å². The number of anilines is 8. The van der Waals surface area contributed by atoms with E-state index in [1.165, 1.54) is 39.6 Å². The molecular formula is C46H38N6. The zero-order valence-electron chi connectivity index (χ0n) is 29.4. The molecule has 6 heteroatoms. The summed E-state index contributed by atoms with van der Waals surface area (Å²) in [6.45, 7) is 7.31. The highest BCUT2D eigenvalue weighted by Gasteiger charge is 2.83. The molecule has 0 N–H and O–H groups in total. The summed E-state index contributed by atoms with van der Waals surface area (Å²) in [6.07, 6.45) is -0.100. The van der Waals surface area contributed by atoms with E-state index in [0.717, 1.165) is 28.4 Å². The van der Waals surface area contributed by atoms with Gasteiger partial charge >= 0.3 is 0 Å². The molecule has 1 aliphatic carbocycles. The largest absolute Gasteiger partial charge is 0.318 e. The van der Waals surface area contributed by atoms with E-state index in [4.69, 9.17) is 9.97 Å². The van der Waals surface area contributed by atoms with Gasteiger partial charge in [-0.3, -0.25) is 0 Å². The fraction of sp³-hybridized carbons (Fsp3) is 0.174. The molecule has 0 amide bonds. The number of nitrogens with zero attached hydrogens (tertiary/aromatic N) is 6. The molecule has 0 bridgehead atoms. The van der Waals surface area contributed by atoms with Crippen molar-refractivity contribution >= 4 is 56.8 Å². The first-order valence-electron chi connectivity index (χ1n) is 18.3. The van der Waals surface area contributed by atoms with Gasteiger partial charge < -0.3 is 19.6 Å². The molecule has 6 nitrogen and oxygen atoms in total. The van der Waals surface area contributed by atoms with Gasteiger partial charge in [-0.25, -0.2) is 9.97 Å². The maximum Gasteiger partial charge on any atom is 0.179 e. The number of hydrogen-bond donors (Lipinski definition) is 0. The minimum absolute atomic E-state index is 0.0229. The summed E-state index contributed by atoms with van der Waals surface area (Å²) >= 11 is 0. The Morgan fingerprint density at radius 3 is 1.58 bits per heavy atom. The van der Waals surface area contributed by atoms with E-state index in [9.17, 15) is 0 Å². The van der Waals surface area contributed by atoms with Crippen LogP contribution >= 0.6 is 0 Å². The second kappa shape index (κ2) is 10.5. The lowest BCUT2D eigenvalue weighted by Crippen LogP contribution is -2.51. The summed E-state index contributed by atoms with van der Waals surface area (Å²) in [4.78, 5) is 21.1. The maximum atomic E-state index is 5.41. The van der Waals surface area contributed by atoms with Crippen molar-refractivity contribution in [2.75, 3.05) is 19.6 Å². The number of hydrogen-bond acceptors (Lipinski definition) is 6. The first-order valence-corrected chi connectivity index (χ1v) is 18.3. The van der Waals surface area contributed by atoms with Gasteiger partial charge in [-0.1, -0.05) is 111 Å². The molecule has 11 rings (SSSR count). The summed E-state index contributed by atoms with van der Waals surface area (Å²) in [5, 5.41) is 0. The van der Waals surface area contributed by atoms with Crippen LogP contribution in [0.1, 0.15) is 25.0 Å². The Kier molecular flexibility index (Phi) is 5.95. The van der Waals surface area contributed by atoms with Crippen LogP contribution in [0.25, 0.3) is 11.0 Å². The number of rotatable bonds is 4. The molecule has 0 spiro atoms.